The lowest BCUT2D eigenvalue weighted by atomic mass is 10.0. The molecule has 11 heteroatoms. The first-order valence-corrected chi connectivity index (χ1v) is 15.2. The molecule has 214 valence electrons. The summed E-state index contributed by atoms with van der Waals surface area (Å²) >= 11 is 12.5. The van der Waals surface area contributed by atoms with Crippen molar-refractivity contribution in [2.24, 2.45) is 0 Å². The summed E-state index contributed by atoms with van der Waals surface area (Å²) in [6, 6.07) is 19.6. The number of methoxy groups -OCH3 is 1. The Morgan fingerprint density at radius 1 is 0.950 bits per heavy atom. The Morgan fingerprint density at radius 2 is 1.62 bits per heavy atom. The second kappa shape index (κ2) is 13.9. The van der Waals surface area contributed by atoms with Gasteiger partial charge in [-0.25, -0.2) is 8.42 Å². The van der Waals surface area contributed by atoms with Gasteiger partial charge >= 0.3 is 0 Å². The van der Waals surface area contributed by atoms with Crippen molar-refractivity contribution in [2.75, 3.05) is 24.2 Å². The highest BCUT2D eigenvalue weighted by molar-refractivity contribution is 7.92. The highest BCUT2D eigenvalue weighted by Crippen LogP contribution is 2.30. The average Bonchev–Trinajstić information content (AvgIpc) is 2.88. The van der Waals surface area contributed by atoms with E-state index in [0.717, 1.165) is 16.1 Å². The standard InChI is InChI=1S/C29H33Cl2N3O5S/c1-20(2)32-29(36)26(16-21-9-6-5-7-10-21)33(18-22-11-8-12-23(30)15-22)28(35)19-34(40(4,37)38)24-13-14-27(39-3)25(31)17-24/h5-15,17,20,26H,16,18-19H2,1-4H3,(H,32,36)/t26-/m1/s1. The lowest BCUT2D eigenvalue weighted by Crippen LogP contribution is -2.54. The Bertz CT molecular complexity index is 1430. The smallest absolute Gasteiger partial charge is 0.244 e. The van der Waals surface area contributed by atoms with Crippen LogP contribution in [-0.4, -0.2) is 57.1 Å². The number of halogens is 2. The summed E-state index contributed by atoms with van der Waals surface area (Å²) < 4.78 is 31.9. The minimum Gasteiger partial charge on any atom is -0.495 e. The second-order valence-corrected chi connectivity index (χ2v) is 12.4. The van der Waals surface area contributed by atoms with Gasteiger partial charge in [-0.1, -0.05) is 65.7 Å². The zero-order valence-corrected chi connectivity index (χ0v) is 25.1. The topological polar surface area (TPSA) is 96.0 Å². The van der Waals surface area contributed by atoms with E-state index >= 15 is 0 Å². The summed E-state index contributed by atoms with van der Waals surface area (Å²) in [5, 5.41) is 3.57. The van der Waals surface area contributed by atoms with Crippen LogP contribution < -0.4 is 14.4 Å². The van der Waals surface area contributed by atoms with Gasteiger partial charge in [0.25, 0.3) is 0 Å². The summed E-state index contributed by atoms with van der Waals surface area (Å²) in [5.41, 5.74) is 1.72. The largest absolute Gasteiger partial charge is 0.495 e. The maximum absolute atomic E-state index is 14.0. The molecule has 0 saturated heterocycles. The van der Waals surface area contributed by atoms with Gasteiger partial charge < -0.3 is 15.0 Å². The number of sulfonamides is 1. The Hall–Kier alpha value is -3.27. The molecular formula is C29H33Cl2N3O5S. The third-order valence-corrected chi connectivity index (χ3v) is 7.72. The SMILES string of the molecule is COc1ccc(N(CC(=O)N(Cc2cccc(Cl)c2)[C@H](Cc2ccccc2)C(=O)NC(C)C)S(C)(=O)=O)cc1Cl. The van der Waals surface area contributed by atoms with E-state index < -0.39 is 28.5 Å². The fourth-order valence-electron chi connectivity index (χ4n) is 4.19. The number of hydrogen-bond acceptors (Lipinski definition) is 5. The molecule has 0 radical (unpaired) electrons. The van der Waals surface area contributed by atoms with E-state index in [1.165, 1.54) is 30.2 Å². The van der Waals surface area contributed by atoms with Crippen LogP contribution in [-0.2, 0) is 32.6 Å². The predicted octanol–water partition coefficient (Wildman–Crippen LogP) is 4.93. The number of anilines is 1. The van der Waals surface area contributed by atoms with Gasteiger partial charge in [-0.2, -0.15) is 0 Å². The van der Waals surface area contributed by atoms with Crippen LogP contribution in [0.5, 0.6) is 5.75 Å². The molecule has 0 aliphatic heterocycles. The van der Waals surface area contributed by atoms with Crippen LogP contribution in [0.3, 0.4) is 0 Å². The van der Waals surface area contributed by atoms with Crippen molar-refractivity contribution in [1.82, 2.24) is 10.2 Å². The quantitative estimate of drug-likeness (QED) is 0.316. The number of carbonyl (C=O) groups is 2. The summed E-state index contributed by atoms with van der Waals surface area (Å²) in [6.07, 6.45) is 1.23. The molecule has 2 amide bonds. The number of ether oxygens (including phenoxy) is 1. The van der Waals surface area contributed by atoms with Crippen molar-refractivity contribution in [3.8, 4) is 5.75 Å². The first-order chi connectivity index (χ1) is 18.9. The molecule has 0 fully saturated rings. The number of nitrogens with one attached hydrogen (secondary N) is 1. The number of nitrogens with zero attached hydrogens (tertiary/aromatic N) is 2. The van der Waals surface area contributed by atoms with Crippen LogP contribution in [0.15, 0.2) is 72.8 Å². The van der Waals surface area contributed by atoms with E-state index in [9.17, 15) is 18.0 Å². The summed E-state index contributed by atoms with van der Waals surface area (Å²) in [7, 11) is -2.48. The lowest BCUT2D eigenvalue weighted by molar-refractivity contribution is -0.140. The number of amides is 2. The summed E-state index contributed by atoms with van der Waals surface area (Å²) in [5.74, 6) is -0.564. The number of carbonyl (C=O) groups excluding carboxylic acids is 2. The van der Waals surface area contributed by atoms with Crippen LogP contribution >= 0.6 is 23.2 Å². The molecular weight excluding hydrogens is 573 g/mol. The fraction of sp³-hybridized carbons (Fsp3) is 0.310. The molecule has 0 unspecified atom stereocenters. The molecule has 0 aliphatic rings. The zero-order valence-electron chi connectivity index (χ0n) is 22.8. The molecule has 1 N–H and O–H groups in total. The van der Waals surface area contributed by atoms with Gasteiger partial charge in [-0.15, -0.1) is 0 Å². The van der Waals surface area contributed by atoms with Gasteiger partial charge in [0.2, 0.25) is 21.8 Å². The zero-order chi connectivity index (χ0) is 29.4. The minimum absolute atomic E-state index is 0.0311. The maximum Gasteiger partial charge on any atom is 0.244 e. The van der Waals surface area contributed by atoms with E-state index in [1.54, 1.807) is 24.3 Å². The minimum atomic E-state index is -3.92. The molecule has 0 heterocycles. The van der Waals surface area contributed by atoms with Gasteiger partial charge in [0.1, 0.15) is 18.3 Å². The fourth-order valence-corrected chi connectivity index (χ4v) is 5.50. The van der Waals surface area contributed by atoms with Crippen molar-refractivity contribution in [1.29, 1.82) is 0 Å². The van der Waals surface area contributed by atoms with Gasteiger partial charge in [0.05, 0.1) is 24.1 Å². The molecule has 0 saturated carbocycles. The molecule has 0 spiro atoms. The van der Waals surface area contributed by atoms with Crippen molar-refractivity contribution < 1.29 is 22.7 Å². The molecule has 8 nitrogen and oxygen atoms in total. The van der Waals surface area contributed by atoms with Gasteiger partial charge in [-0.05, 0) is 55.3 Å². The van der Waals surface area contributed by atoms with Crippen LogP contribution in [0.4, 0.5) is 5.69 Å². The summed E-state index contributed by atoms with van der Waals surface area (Å²) in [4.78, 5) is 29.0. The van der Waals surface area contributed by atoms with Gasteiger partial charge in [-0.3, -0.25) is 13.9 Å². The van der Waals surface area contributed by atoms with Crippen molar-refractivity contribution in [3.63, 3.8) is 0 Å². The Kier molecular flexibility index (Phi) is 10.8. The molecule has 3 aromatic rings. The van der Waals surface area contributed by atoms with Crippen LogP contribution in [0.1, 0.15) is 25.0 Å². The number of rotatable bonds is 12. The van der Waals surface area contributed by atoms with E-state index in [4.69, 9.17) is 27.9 Å². The third-order valence-electron chi connectivity index (χ3n) is 6.05. The van der Waals surface area contributed by atoms with Crippen LogP contribution in [0.2, 0.25) is 10.0 Å². The van der Waals surface area contributed by atoms with Gasteiger partial charge in [0.15, 0.2) is 0 Å². The van der Waals surface area contributed by atoms with E-state index in [-0.39, 0.29) is 35.6 Å². The number of hydrogen-bond donors (Lipinski definition) is 1. The third kappa shape index (κ3) is 8.61. The van der Waals surface area contributed by atoms with Crippen molar-refractivity contribution in [2.45, 2.75) is 38.9 Å². The highest BCUT2D eigenvalue weighted by Gasteiger charge is 2.33. The lowest BCUT2D eigenvalue weighted by Gasteiger charge is -2.34. The van der Waals surface area contributed by atoms with E-state index in [0.29, 0.717) is 16.3 Å². The van der Waals surface area contributed by atoms with Crippen molar-refractivity contribution in [3.05, 3.63) is 94.0 Å². The second-order valence-electron chi connectivity index (χ2n) is 9.61. The highest BCUT2D eigenvalue weighted by atomic mass is 35.5. The van der Waals surface area contributed by atoms with E-state index in [2.05, 4.69) is 5.32 Å². The number of benzene rings is 3. The van der Waals surface area contributed by atoms with Crippen molar-refractivity contribution >= 4 is 50.7 Å². The molecule has 3 rings (SSSR count). The Balaban J connectivity index is 2.07. The van der Waals surface area contributed by atoms with Crippen LogP contribution in [0.25, 0.3) is 0 Å². The first kappa shape index (κ1) is 31.3. The molecule has 0 aromatic heterocycles. The monoisotopic (exact) mass is 605 g/mol. The first-order valence-electron chi connectivity index (χ1n) is 12.6. The predicted molar refractivity (Wildman–Crippen MR) is 159 cm³/mol. The van der Waals surface area contributed by atoms with E-state index in [1.807, 2.05) is 44.2 Å². The molecule has 40 heavy (non-hydrogen) atoms. The summed E-state index contributed by atoms with van der Waals surface area (Å²) in [6.45, 7) is 3.14. The molecule has 1 atom stereocenters. The molecule has 3 aromatic carbocycles. The maximum atomic E-state index is 14.0. The normalized spacial score (nSPS) is 12.1. The Labute approximate surface area is 245 Å². The molecule has 0 aliphatic carbocycles. The Morgan fingerprint density at radius 3 is 2.20 bits per heavy atom. The van der Waals surface area contributed by atoms with Crippen LogP contribution in [0, 0.1) is 0 Å². The average molecular weight is 607 g/mol. The molecule has 0 bridgehead atoms. The van der Waals surface area contributed by atoms with Gasteiger partial charge in [0, 0.05) is 24.0 Å².